The quantitative estimate of drug-likeness (QED) is 0.721. The molecule has 1 aliphatic rings. The Kier molecular flexibility index (Phi) is 7.30. The van der Waals surface area contributed by atoms with Gasteiger partial charge in [-0.1, -0.05) is 37.3 Å². The number of morpholine rings is 1. The van der Waals surface area contributed by atoms with Gasteiger partial charge in [-0.15, -0.1) is 0 Å². The summed E-state index contributed by atoms with van der Waals surface area (Å²) in [5.74, 6) is 0.888. The van der Waals surface area contributed by atoms with Crippen molar-refractivity contribution in [1.29, 1.82) is 0 Å². The zero-order valence-electron chi connectivity index (χ0n) is 17.6. The van der Waals surface area contributed by atoms with Crippen molar-refractivity contribution < 1.29 is 23.8 Å². The first-order chi connectivity index (χ1) is 14.6. The SMILES string of the molecule is CCCNC(=O)[C@@H]1OCC(=O)N(Cc2ccc(OC)cc2OC)[C@H]1c1ccccc1. The Bertz CT molecular complexity index is 871. The van der Waals surface area contributed by atoms with Gasteiger partial charge in [0.15, 0.2) is 6.10 Å². The highest BCUT2D eigenvalue weighted by molar-refractivity contribution is 5.86. The standard InChI is InChI=1S/C23H28N2O5/c1-4-12-24-23(27)22-21(16-8-6-5-7-9-16)25(20(26)15-30-22)14-17-10-11-18(28-2)13-19(17)29-3/h5-11,13,21-22H,4,12,14-15H2,1-3H3,(H,24,27)/t21-,22+/m0/s1. The maximum absolute atomic E-state index is 12.9. The summed E-state index contributed by atoms with van der Waals surface area (Å²) in [4.78, 5) is 27.4. The summed E-state index contributed by atoms with van der Waals surface area (Å²) in [6.45, 7) is 2.68. The first-order valence-corrected chi connectivity index (χ1v) is 10.0. The van der Waals surface area contributed by atoms with E-state index < -0.39 is 12.1 Å². The van der Waals surface area contributed by atoms with Crippen LogP contribution in [-0.4, -0.2) is 50.2 Å². The third-order valence-electron chi connectivity index (χ3n) is 5.11. The molecule has 160 valence electrons. The molecule has 2 aromatic rings. The number of nitrogens with zero attached hydrogens (tertiary/aromatic N) is 1. The van der Waals surface area contributed by atoms with E-state index in [9.17, 15) is 9.59 Å². The number of ether oxygens (including phenoxy) is 3. The summed E-state index contributed by atoms with van der Waals surface area (Å²) in [6.07, 6.45) is 0.0288. The molecule has 0 radical (unpaired) electrons. The van der Waals surface area contributed by atoms with E-state index in [2.05, 4.69) is 5.32 Å². The lowest BCUT2D eigenvalue weighted by Gasteiger charge is -2.40. The number of nitrogens with one attached hydrogen (secondary N) is 1. The lowest BCUT2D eigenvalue weighted by molar-refractivity contribution is -0.165. The van der Waals surface area contributed by atoms with Crippen LogP contribution < -0.4 is 14.8 Å². The summed E-state index contributed by atoms with van der Waals surface area (Å²) in [5, 5.41) is 2.90. The van der Waals surface area contributed by atoms with Gasteiger partial charge in [0.1, 0.15) is 18.1 Å². The van der Waals surface area contributed by atoms with Crippen molar-refractivity contribution in [2.45, 2.75) is 32.0 Å². The number of amides is 2. The Morgan fingerprint density at radius 3 is 2.60 bits per heavy atom. The average Bonchev–Trinajstić information content (AvgIpc) is 2.79. The highest BCUT2D eigenvalue weighted by Gasteiger charge is 2.41. The monoisotopic (exact) mass is 412 g/mol. The number of hydrogen-bond acceptors (Lipinski definition) is 5. The van der Waals surface area contributed by atoms with E-state index in [0.717, 1.165) is 17.5 Å². The van der Waals surface area contributed by atoms with Gasteiger partial charge in [-0.3, -0.25) is 9.59 Å². The molecule has 1 aliphatic heterocycles. The van der Waals surface area contributed by atoms with Crippen LogP contribution in [-0.2, 0) is 20.9 Å². The molecule has 1 saturated heterocycles. The van der Waals surface area contributed by atoms with E-state index in [4.69, 9.17) is 14.2 Å². The van der Waals surface area contributed by atoms with Gasteiger partial charge in [-0.05, 0) is 24.1 Å². The van der Waals surface area contributed by atoms with Crippen LogP contribution in [0.3, 0.4) is 0 Å². The second kappa shape index (κ2) is 10.1. The second-order valence-electron chi connectivity index (χ2n) is 7.08. The van der Waals surface area contributed by atoms with Crippen LogP contribution in [0.1, 0.15) is 30.5 Å². The van der Waals surface area contributed by atoms with Crippen molar-refractivity contribution in [2.75, 3.05) is 27.4 Å². The first-order valence-electron chi connectivity index (χ1n) is 10.0. The number of hydrogen-bond donors (Lipinski definition) is 1. The highest BCUT2D eigenvalue weighted by Crippen LogP contribution is 2.34. The summed E-state index contributed by atoms with van der Waals surface area (Å²) in [5.41, 5.74) is 1.66. The van der Waals surface area contributed by atoms with Crippen LogP contribution in [0.5, 0.6) is 11.5 Å². The molecule has 0 aromatic heterocycles. The van der Waals surface area contributed by atoms with Crippen molar-refractivity contribution in [3.05, 3.63) is 59.7 Å². The van der Waals surface area contributed by atoms with Crippen LogP contribution in [0.2, 0.25) is 0 Å². The highest BCUT2D eigenvalue weighted by atomic mass is 16.5. The van der Waals surface area contributed by atoms with E-state index in [-0.39, 0.29) is 25.0 Å². The van der Waals surface area contributed by atoms with Crippen LogP contribution >= 0.6 is 0 Å². The predicted octanol–water partition coefficient (Wildman–Crippen LogP) is 2.70. The van der Waals surface area contributed by atoms with Crippen LogP contribution in [0.4, 0.5) is 0 Å². The van der Waals surface area contributed by atoms with Gasteiger partial charge in [-0.2, -0.15) is 0 Å². The van der Waals surface area contributed by atoms with Gasteiger partial charge in [-0.25, -0.2) is 0 Å². The van der Waals surface area contributed by atoms with Crippen molar-refractivity contribution in [3.8, 4) is 11.5 Å². The van der Waals surface area contributed by atoms with Crippen molar-refractivity contribution >= 4 is 11.8 Å². The minimum atomic E-state index is -0.791. The largest absolute Gasteiger partial charge is 0.497 e. The van der Waals surface area contributed by atoms with Gasteiger partial charge in [0.05, 0.1) is 26.8 Å². The second-order valence-corrected chi connectivity index (χ2v) is 7.08. The van der Waals surface area contributed by atoms with Crippen LogP contribution in [0.25, 0.3) is 0 Å². The molecular formula is C23H28N2O5. The van der Waals surface area contributed by atoms with Crippen molar-refractivity contribution in [1.82, 2.24) is 10.2 Å². The molecule has 1 N–H and O–H groups in total. The molecule has 2 amide bonds. The minimum absolute atomic E-state index is 0.147. The molecule has 1 fully saturated rings. The molecule has 0 unspecified atom stereocenters. The number of carbonyl (C=O) groups is 2. The molecule has 2 aromatic carbocycles. The topological polar surface area (TPSA) is 77.1 Å². The zero-order chi connectivity index (χ0) is 21.5. The Hall–Kier alpha value is -3.06. The summed E-state index contributed by atoms with van der Waals surface area (Å²) >= 11 is 0. The molecule has 0 spiro atoms. The van der Waals surface area contributed by atoms with E-state index in [1.54, 1.807) is 25.2 Å². The van der Waals surface area contributed by atoms with Gasteiger partial charge >= 0.3 is 0 Å². The van der Waals surface area contributed by atoms with Gasteiger partial charge in [0.25, 0.3) is 5.91 Å². The lowest BCUT2D eigenvalue weighted by atomic mass is 9.96. The van der Waals surface area contributed by atoms with E-state index in [0.29, 0.717) is 18.0 Å². The summed E-state index contributed by atoms with van der Waals surface area (Å²) < 4.78 is 16.5. The first kappa shape index (κ1) is 21.6. The Labute approximate surface area is 176 Å². The maximum Gasteiger partial charge on any atom is 0.251 e. The average molecular weight is 412 g/mol. The normalized spacial score (nSPS) is 18.8. The minimum Gasteiger partial charge on any atom is -0.497 e. The number of rotatable bonds is 8. The molecule has 0 aliphatic carbocycles. The molecule has 0 saturated carbocycles. The maximum atomic E-state index is 12.9. The molecule has 7 nitrogen and oxygen atoms in total. The third-order valence-corrected chi connectivity index (χ3v) is 5.11. The van der Waals surface area contributed by atoms with E-state index >= 15 is 0 Å². The van der Waals surface area contributed by atoms with Crippen molar-refractivity contribution in [3.63, 3.8) is 0 Å². The fourth-order valence-corrected chi connectivity index (χ4v) is 3.58. The summed E-state index contributed by atoms with van der Waals surface area (Å²) in [6, 6.07) is 14.4. The molecule has 3 rings (SSSR count). The Balaban J connectivity index is 1.97. The smallest absolute Gasteiger partial charge is 0.251 e. The van der Waals surface area contributed by atoms with Gasteiger partial charge in [0.2, 0.25) is 5.91 Å². The predicted molar refractivity (Wildman–Crippen MR) is 112 cm³/mol. The molecule has 2 atom stereocenters. The fraction of sp³-hybridized carbons (Fsp3) is 0.391. The van der Waals surface area contributed by atoms with Crippen molar-refractivity contribution in [2.24, 2.45) is 0 Å². The molecule has 1 heterocycles. The van der Waals surface area contributed by atoms with Gasteiger partial charge in [0, 0.05) is 18.2 Å². The van der Waals surface area contributed by atoms with Crippen LogP contribution in [0, 0.1) is 0 Å². The Morgan fingerprint density at radius 1 is 1.17 bits per heavy atom. The lowest BCUT2D eigenvalue weighted by Crippen LogP contribution is -2.54. The summed E-state index contributed by atoms with van der Waals surface area (Å²) in [7, 11) is 3.17. The molecule has 0 bridgehead atoms. The zero-order valence-corrected chi connectivity index (χ0v) is 17.6. The van der Waals surface area contributed by atoms with E-state index in [1.165, 1.54) is 0 Å². The number of carbonyl (C=O) groups excluding carboxylic acids is 2. The molecule has 30 heavy (non-hydrogen) atoms. The molecular weight excluding hydrogens is 384 g/mol. The van der Waals surface area contributed by atoms with E-state index in [1.807, 2.05) is 49.4 Å². The van der Waals surface area contributed by atoms with Crippen LogP contribution in [0.15, 0.2) is 48.5 Å². The van der Waals surface area contributed by atoms with Gasteiger partial charge < -0.3 is 24.4 Å². The molecule has 7 heteroatoms. The third kappa shape index (κ3) is 4.74. The fourth-order valence-electron chi connectivity index (χ4n) is 3.58. The number of methoxy groups -OCH3 is 2. The Morgan fingerprint density at radius 2 is 1.93 bits per heavy atom. The number of benzene rings is 2.